The molecule has 2 aromatic carbocycles. The zero-order valence-electron chi connectivity index (χ0n) is 15.1. The number of aryl methyl sites for hydroxylation is 1. The van der Waals surface area contributed by atoms with Gasteiger partial charge in [-0.1, -0.05) is 29.8 Å². The lowest BCUT2D eigenvalue weighted by Gasteiger charge is -2.34. The summed E-state index contributed by atoms with van der Waals surface area (Å²) in [5, 5.41) is 2.91. The normalized spacial score (nSPS) is 14.4. The first-order chi connectivity index (χ1) is 13.1. The van der Waals surface area contributed by atoms with Crippen molar-refractivity contribution in [2.24, 2.45) is 0 Å². The summed E-state index contributed by atoms with van der Waals surface area (Å²) >= 11 is 0. The highest BCUT2D eigenvalue weighted by molar-refractivity contribution is 5.89. The minimum absolute atomic E-state index is 0.126. The van der Waals surface area contributed by atoms with Crippen LogP contribution in [0.5, 0.6) is 0 Å². The SMILES string of the molecule is Cc1ccc(NC(=O)N2CCN(c3nc4ccccc4[nH]c3=O)CC2)cc1. The summed E-state index contributed by atoms with van der Waals surface area (Å²) in [6, 6.07) is 15.1. The number of piperazine rings is 1. The molecule has 1 aromatic heterocycles. The van der Waals surface area contributed by atoms with Crippen molar-refractivity contribution in [2.75, 3.05) is 36.4 Å². The number of H-pyrrole nitrogens is 1. The minimum atomic E-state index is -0.203. The number of carbonyl (C=O) groups excluding carboxylic acids is 1. The highest BCUT2D eigenvalue weighted by atomic mass is 16.2. The third-order valence-electron chi connectivity index (χ3n) is 4.75. The van der Waals surface area contributed by atoms with E-state index >= 15 is 0 Å². The number of anilines is 2. The van der Waals surface area contributed by atoms with Crippen molar-refractivity contribution in [3.63, 3.8) is 0 Å². The first-order valence-corrected chi connectivity index (χ1v) is 8.97. The van der Waals surface area contributed by atoms with Crippen LogP contribution in [0.2, 0.25) is 0 Å². The van der Waals surface area contributed by atoms with E-state index in [1.165, 1.54) is 0 Å². The van der Waals surface area contributed by atoms with Crippen LogP contribution in [0.3, 0.4) is 0 Å². The van der Waals surface area contributed by atoms with Crippen LogP contribution in [0.1, 0.15) is 5.56 Å². The number of carbonyl (C=O) groups is 1. The molecular formula is C20H21N5O2. The van der Waals surface area contributed by atoms with E-state index in [1.807, 2.05) is 60.4 Å². The zero-order valence-corrected chi connectivity index (χ0v) is 15.1. The van der Waals surface area contributed by atoms with Crippen LogP contribution in [0, 0.1) is 6.92 Å². The molecule has 7 nitrogen and oxygen atoms in total. The zero-order chi connectivity index (χ0) is 18.8. The van der Waals surface area contributed by atoms with Gasteiger partial charge in [-0.25, -0.2) is 9.78 Å². The Morgan fingerprint density at radius 1 is 1.04 bits per heavy atom. The van der Waals surface area contributed by atoms with E-state index in [1.54, 1.807) is 4.90 Å². The van der Waals surface area contributed by atoms with Gasteiger partial charge in [0, 0.05) is 31.9 Å². The molecule has 1 aliphatic rings. The Hall–Kier alpha value is -3.35. The van der Waals surface area contributed by atoms with Crippen molar-refractivity contribution in [1.29, 1.82) is 0 Å². The Kier molecular flexibility index (Phi) is 4.50. The molecule has 0 radical (unpaired) electrons. The molecule has 2 amide bonds. The number of nitrogens with one attached hydrogen (secondary N) is 2. The van der Waals surface area contributed by atoms with Crippen molar-refractivity contribution >= 4 is 28.6 Å². The highest BCUT2D eigenvalue weighted by Gasteiger charge is 2.23. The van der Waals surface area contributed by atoms with Crippen LogP contribution >= 0.6 is 0 Å². The smallest absolute Gasteiger partial charge is 0.321 e. The van der Waals surface area contributed by atoms with Crippen molar-refractivity contribution in [3.8, 4) is 0 Å². The minimum Gasteiger partial charge on any atom is -0.348 e. The molecule has 0 aliphatic carbocycles. The lowest BCUT2D eigenvalue weighted by Crippen LogP contribution is -2.51. The first-order valence-electron chi connectivity index (χ1n) is 8.97. The van der Waals surface area contributed by atoms with Crippen molar-refractivity contribution in [1.82, 2.24) is 14.9 Å². The molecule has 0 spiro atoms. The molecule has 0 atom stereocenters. The second-order valence-electron chi connectivity index (χ2n) is 6.68. The van der Waals surface area contributed by atoms with Gasteiger partial charge in [0.25, 0.3) is 5.56 Å². The van der Waals surface area contributed by atoms with E-state index < -0.39 is 0 Å². The summed E-state index contributed by atoms with van der Waals surface area (Å²) in [5.74, 6) is 0.410. The molecule has 1 fully saturated rings. The number of urea groups is 1. The van der Waals surface area contributed by atoms with Crippen molar-refractivity contribution < 1.29 is 4.79 Å². The van der Waals surface area contributed by atoms with Crippen LogP contribution in [0.15, 0.2) is 53.3 Å². The Morgan fingerprint density at radius 3 is 2.48 bits per heavy atom. The molecule has 27 heavy (non-hydrogen) atoms. The van der Waals surface area contributed by atoms with E-state index in [4.69, 9.17) is 0 Å². The number of aromatic nitrogens is 2. The Labute approximate surface area is 156 Å². The van der Waals surface area contributed by atoms with E-state index in [0.717, 1.165) is 22.3 Å². The number of nitrogens with zero attached hydrogens (tertiary/aromatic N) is 3. The average molecular weight is 363 g/mol. The lowest BCUT2D eigenvalue weighted by molar-refractivity contribution is 0.208. The van der Waals surface area contributed by atoms with Gasteiger partial charge in [0.15, 0.2) is 5.82 Å². The maximum absolute atomic E-state index is 12.5. The standard InChI is InChI=1S/C20H21N5O2/c1-14-6-8-15(9-7-14)21-20(27)25-12-10-24(11-13-25)18-19(26)23-17-5-3-2-4-16(17)22-18/h2-9H,10-13H2,1H3,(H,21,27)(H,23,26). The Balaban J connectivity index is 1.43. The number of aromatic amines is 1. The fourth-order valence-electron chi connectivity index (χ4n) is 3.20. The summed E-state index contributed by atoms with van der Waals surface area (Å²) in [6.07, 6.45) is 0. The van der Waals surface area contributed by atoms with E-state index in [0.29, 0.717) is 32.0 Å². The van der Waals surface area contributed by atoms with Gasteiger partial charge in [0.05, 0.1) is 11.0 Å². The third kappa shape index (κ3) is 3.62. The molecule has 3 aromatic rings. The van der Waals surface area contributed by atoms with Crippen LogP contribution in [0.4, 0.5) is 16.3 Å². The van der Waals surface area contributed by atoms with Gasteiger partial charge < -0.3 is 20.1 Å². The van der Waals surface area contributed by atoms with Crippen LogP contribution in [0.25, 0.3) is 11.0 Å². The van der Waals surface area contributed by atoms with Gasteiger partial charge in [0.2, 0.25) is 0 Å². The number of hydrogen-bond donors (Lipinski definition) is 2. The molecule has 0 saturated carbocycles. The lowest BCUT2D eigenvalue weighted by atomic mass is 10.2. The van der Waals surface area contributed by atoms with Gasteiger partial charge in [-0.2, -0.15) is 0 Å². The van der Waals surface area contributed by atoms with Crippen molar-refractivity contribution in [3.05, 3.63) is 64.4 Å². The first kappa shape index (κ1) is 17.1. The number of benzene rings is 2. The second kappa shape index (κ2) is 7.11. The molecule has 0 bridgehead atoms. The summed E-state index contributed by atoms with van der Waals surface area (Å²) in [4.78, 5) is 35.9. The highest BCUT2D eigenvalue weighted by Crippen LogP contribution is 2.15. The Morgan fingerprint density at radius 2 is 1.74 bits per heavy atom. The fraction of sp³-hybridized carbons (Fsp3) is 0.250. The molecule has 138 valence electrons. The van der Waals surface area contributed by atoms with E-state index in [9.17, 15) is 9.59 Å². The Bertz CT molecular complexity index is 1020. The van der Waals surface area contributed by atoms with Crippen LogP contribution < -0.4 is 15.8 Å². The number of rotatable bonds is 2. The maximum Gasteiger partial charge on any atom is 0.321 e. The van der Waals surface area contributed by atoms with Crippen LogP contribution in [-0.4, -0.2) is 47.1 Å². The van der Waals surface area contributed by atoms with Crippen LogP contribution in [-0.2, 0) is 0 Å². The summed E-state index contributed by atoms with van der Waals surface area (Å²) in [7, 11) is 0. The molecule has 1 aliphatic heterocycles. The van der Waals surface area contributed by atoms with E-state index in [2.05, 4.69) is 15.3 Å². The fourth-order valence-corrected chi connectivity index (χ4v) is 3.20. The van der Waals surface area contributed by atoms with Gasteiger partial charge in [0.1, 0.15) is 0 Å². The molecule has 2 heterocycles. The second-order valence-corrected chi connectivity index (χ2v) is 6.68. The quantitative estimate of drug-likeness (QED) is 0.733. The third-order valence-corrected chi connectivity index (χ3v) is 4.75. The molecular weight excluding hydrogens is 342 g/mol. The predicted molar refractivity (Wildman–Crippen MR) is 106 cm³/mol. The van der Waals surface area contributed by atoms with Gasteiger partial charge in [-0.15, -0.1) is 0 Å². The topological polar surface area (TPSA) is 81.3 Å². The van der Waals surface area contributed by atoms with Gasteiger partial charge in [-0.3, -0.25) is 4.79 Å². The molecule has 7 heteroatoms. The summed E-state index contributed by atoms with van der Waals surface area (Å²) in [5.41, 5.74) is 3.20. The molecule has 4 rings (SSSR count). The maximum atomic E-state index is 12.5. The predicted octanol–water partition coefficient (Wildman–Crippen LogP) is 2.59. The number of para-hydroxylation sites is 2. The molecule has 0 unspecified atom stereocenters. The average Bonchev–Trinajstić information content (AvgIpc) is 2.69. The molecule has 2 N–H and O–H groups in total. The number of amides is 2. The number of hydrogen-bond acceptors (Lipinski definition) is 4. The summed E-state index contributed by atoms with van der Waals surface area (Å²) < 4.78 is 0. The molecule has 1 saturated heterocycles. The monoisotopic (exact) mass is 363 g/mol. The van der Waals surface area contributed by atoms with Gasteiger partial charge >= 0.3 is 6.03 Å². The largest absolute Gasteiger partial charge is 0.348 e. The number of fused-ring (bicyclic) bond motifs is 1. The van der Waals surface area contributed by atoms with Crippen molar-refractivity contribution in [2.45, 2.75) is 6.92 Å². The summed E-state index contributed by atoms with van der Waals surface area (Å²) in [6.45, 7) is 4.20. The van der Waals surface area contributed by atoms with Gasteiger partial charge in [-0.05, 0) is 31.2 Å². The van der Waals surface area contributed by atoms with E-state index in [-0.39, 0.29) is 11.6 Å².